The third-order valence-electron chi connectivity index (χ3n) is 5.40. The van der Waals surface area contributed by atoms with Gasteiger partial charge in [-0.3, -0.25) is 0 Å². The van der Waals surface area contributed by atoms with Gasteiger partial charge < -0.3 is 14.2 Å². The average Bonchev–Trinajstić information content (AvgIpc) is 3.01. The SMILES string of the molecule is COc1ccc(C2CC3=C(CCc4ccccc42)COC3=O)cc1OC. The van der Waals surface area contributed by atoms with E-state index in [2.05, 4.69) is 30.3 Å². The minimum absolute atomic E-state index is 0.0851. The summed E-state index contributed by atoms with van der Waals surface area (Å²) in [6.45, 7) is 0.439. The fourth-order valence-electron chi connectivity index (χ4n) is 3.99. The summed E-state index contributed by atoms with van der Waals surface area (Å²) >= 11 is 0. The van der Waals surface area contributed by atoms with Crippen molar-refractivity contribution in [2.45, 2.75) is 25.2 Å². The van der Waals surface area contributed by atoms with Crippen LogP contribution in [-0.4, -0.2) is 26.8 Å². The number of fused-ring (bicyclic) bond motifs is 1. The van der Waals surface area contributed by atoms with E-state index in [1.807, 2.05) is 12.1 Å². The van der Waals surface area contributed by atoms with Gasteiger partial charge in [-0.25, -0.2) is 4.79 Å². The van der Waals surface area contributed by atoms with Crippen molar-refractivity contribution in [3.05, 3.63) is 70.3 Å². The second-order valence-electron chi connectivity index (χ2n) is 6.73. The largest absolute Gasteiger partial charge is 0.493 e. The molecule has 0 amide bonds. The number of esters is 1. The van der Waals surface area contributed by atoms with Gasteiger partial charge >= 0.3 is 5.97 Å². The smallest absolute Gasteiger partial charge is 0.334 e. The molecule has 1 aliphatic heterocycles. The van der Waals surface area contributed by atoms with E-state index in [9.17, 15) is 4.79 Å². The molecular formula is C22H22O4. The number of aryl methyl sites for hydroxylation is 1. The highest BCUT2D eigenvalue weighted by Gasteiger charge is 2.31. The monoisotopic (exact) mass is 350 g/mol. The molecular weight excluding hydrogens is 328 g/mol. The van der Waals surface area contributed by atoms with Crippen molar-refractivity contribution < 1.29 is 19.0 Å². The number of cyclic esters (lactones) is 1. The number of hydrogen-bond acceptors (Lipinski definition) is 4. The van der Waals surface area contributed by atoms with Crippen LogP contribution in [0.15, 0.2) is 53.6 Å². The van der Waals surface area contributed by atoms with Crippen molar-refractivity contribution in [3.8, 4) is 11.5 Å². The predicted molar refractivity (Wildman–Crippen MR) is 98.8 cm³/mol. The zero-order valence-electron chi connectivity index (χ0n) is 15.1. The van der Waals surface area contributed by atoms with Gasteiger partial charge in [0, 0.05) is 11.5 Å². The molecule has 0 saturated carbocycles. The number of methoxy groups -OCH3 is 2. The molecule has 2 aliphatic rings. The van der Waals surface area contributed by atoms with Gasteiger partial charge in [-0.1, -0.05) is 30.3 Å². The standard InChI is InChI=1S/C22H22O4/c1-24-20-10-9-15(11-21(20)25-2)18-12-19-16(13-26-22(19)23)8-7-14-5-3-4-6-17(14)18/h3-6,9-11,18H,7-8,12-13H2,1-2H3. The van der Waals surface area contributed by atoms with Crippen molar-refractivity contribution in [2.24, 2.45) is 0 Å². The van der Waals surface area contributed by atoms with Crippen molar-refractivity contribution in [1.29, 1.82) is 0 Å². The maximum atomic E-state index is 12.3. The summed E-state index contributed by atoms with van der Waals surface area (Å²) in [5.74, 6) is 1.33. The Morgan fingerprint density at radius 2 is 1.81 bits per heavy atom. The first-order valence-electron chi connectivity index (χ1n) is 8.89. The fourth-order valence-corrected chi connectivity index (χ4v) is 3.99. The normalized spacial score (nSPS) is 19.2. The van der Waals surface area contributed by atoms with Gasteiger partial charge in [0.25, 0.3) is 0 Å². The van der Waals surface area contributed by atoms with E-state index < -0.39 is 0 Å². The van der Waals surface area contributed by atoms with Gasteiger partial charge in [0.05, 0.1) is 14.2 Å². The lowest BCUT2D eigenvalue weighted by Gasteiger charge is -2.24. The average molecular weight is 350 g/mol. The third-order valence-corrected chi connectivity index (χ3v) is 5.40. The van der Waals surface area contributed by atoms with Crippen molar-refractivity contribution in [1.82, 2.24) is 0 Å². The topological polar surface area (TPSA) is 44.8 Å². The Morgan fingerprint density at radius 1 is 1.00 bits per heavy atom. The van der Waals surface area contributed by atoms with E-state index in [1.54, 1.807) is 14.2 Å². The first kappa shape index (κ1) is 16.7. The Balaban J connectivity index is 1.83. The van der Waals surface area contributed by atoms with Gasteiger partial charge in [-0.15, -0.1) is 0 Å². The van der Waals surface area contributed by atoms with Crippen molar-refractivity contribution >= 4 is 5.97 Å². The molecule has 0 fully saturated rings. The van der Waals surface area contributed by atoms with Gasteiger partial charge in [0.2, 0.25) is 0 Å². The van der Waals surface area contributed by atoms with E-state index in [-0.39, 0.29) is 11.9 Å². The molecule has 2 aromatic carbocycles. The number of hydrogen-bond donors (Lipinski definition) is 0. The minimum atomic E-state index is -0.162. The molecule has 4 heteroatoms. The van der Waals surface area contributed by atoms with Crippen LogP contribution in [-0.2, 0) is 16.0 Å². The number of ether oxygens (including phenoxy) is 3. The van der Waals surface area contributed by atoms with Crippen LogP contribution in [0.25, 0.3) is 0 Å². The Kier molecular flexibility index (Phi) is 4.41. The maximum Gasteiger partial charge on any atom is 0.334 e. The fraction of sp³-hybridized carbons (Fsp3) is 0.318. The van der Waals surface area contributed by atoms with Crippen LogP contribution >= 0.6 is 0 Å². The molecule has 1 atom stereocenters. The molecule has 134 valence electrons. The first-order valence-corrected chi connectivity index (χ1v) is 8.89. The highest BCUT2D eigenvalue weighted by molar-refractivity contribution is 5.92. The van der Waals surface area contributed by atoms with Crippen LogP contribution in [0.3, 0.4) is 0 Å². The van der Waals surface area contributed by atoms with Crippen molar-refractivity contribution in [2.75, 3.05) is 20.8 Å². The van der Waals surface area contributed by atoms with E-state index in [1.165, 1.54) is 11.1 Å². The number of benzene rings is 2. The molecule has 1 unspecified atom stereocenters. The van der Waals surface area contributed by atoms with Gasteiger partial charge in [-0.05, 0) is 53.7 Å². The molecule has 0 aromatic heterocycles. The van der Waals surface area contributed by atoms with E-state index >= 15 is 0 Å². The molecule has 1 heterocycles. The number of carbonyl (C=O) groups excluding carboxylic acids is 1. The van der Waals surface area contributed by atoms with E-state index in [0.717, 1.165) is 29.6 Å². The lowest BCUT2D eigenvalue weighted by molar-refractivity contribution is -0.136. The van der Waals surface area contributed by atoms with Crippen LogP contribution in [0.5, 0.6) is 11.5 Å². The molecule has 0 saturated heterocycles. The summed E-state index contributed by atoms with van der Waals surface area (Å²) in [5.41, 5.74) is 5.71. The summed E-state index contributed by atoms with van der Waals surface area (Å²) in [5, 5.41) is 0. The summed E-state index contributed by atoms with van der Waals surface area (Å²) < 4.78 is 16.2. The van der Waals surface area contributed by atoms with Crippen molar-refractivity contribution in [3.63, 3.8) is 0 Å². The Hall–Kier alpha value is -2.75. The Bertz CT molecular complexity index is 881. The second kappa shape index (κ2) is 6.87. The molecule has 2 aromatic rings. The van der Waals surface area contributed by atoms with Gasteiger partial charge in [0.1, 0.15) is 6.61 Å². The molecule has 0 radical (unpaired) electrons. The lowest BCUT2D eigenvalue weighted by Crippen LogP contribution is -2.12. The quantitative estimate of drug-likeness (QED) is 0.784. The van der Waals surface area contributed by atoms with Crippen LogP contribution in [0.4, 0.5) is 0 Å². The summed E-state index contributed by atoms with van der Waals surface area (Å²) in [6, 6.07) is 14.5. The summed E-state index contributed by atoms with van der Waals surface area (Å²) in [6.07, 6.45) is 2.47. The summed E-state index contributed by atoms with van der Waals surface area (Å²) in [4.78, 5) is 12.3. The second-order valence-corrected chi connectivity index (χ2v) is 6.73. The predicted octanol–water partition coefficient (Wildman–Crippen LogP) is 4.03. The number of carbonyl (C=O) groups is 1. The molecule has 0 N–H and O–H groups in total. The molecule has 4 nitrogen and oxygen atoms in total. The molecule has 0 bridgehead atoms. The van der Waals surface area contributed by atoms with Crippen LogP contribution in [0, 0.1) is 0 Å². The van der Waals surface area contributed by atoms with Crippen LogP contribution in [0.2, 0.25) is 0 Å². The lowest BCUT2D eigenvalue weighted by atomic mass is 9.79. The molecule has 0 spiro atoms. The summed E-state index contributed by atoms with van der Waals surface area (Å²) in [7, 11) is 3.27. The van der Waals surface area contributed by atoms with Crippen LogP contribution < -0.4 is 9.47 Å². The Morgan fingerprint density at radius 3 is 2.62 bits per heavy atom. The minimum Gasteiger partial charge on any atom is -0.493 e. The zero-order chi connectivity index (χ0) is 18.1. The van der Waals surface area contributed by atoms with E-state index in [0.29, 0.717) is 24.5 Å². The van der Waals surface area contributed by atoms with Crippen LogP contribution in [0.1, 0.15) is 35.4 Å². The van der Waals surface area contributed by atoms with Gasteiger partial charge in [-0.2, -0.15) is 0 Å². The zero-order valence-corrected chi connectivity index (χ0v) is 15.1. The molecule has 1 aliphatic carbocycles. The number of rotatable bonds is 3. The van der Waals surface area contributed by atoms with E-state index in [4.69, 9.17) is 14.2 Å². The van der Waals surface area contributed by atoms with Gasteiger partial charge in [0.15, 0.2) is 11.5 Å². The molecule has 26 heavy (non-hydrogen) atoms. The maximum absolute atomic E-state index is 12.3. The first-order chi connectivity index (χ1) is 12.7. The molecule has 4 rings (SSSR count). The highest BCUT2D eigenvalue weighted by Crippen LogP contribution is 2.41. The third kappa shape index (κ3) is 2.85. The highest BCUT2D eigenvalue weighted by atomic mass is 16.5. The Labute approximate surface area is 153 Å².